The average molecular weight is 374 g/mol. The number of halogens is 1. The zero-order valence-corrected chi connectivity index (χ0v) is 12.6. The van der Waals surface area contributed by atoms with Gasteiger partial charge < -0.3 is 5.73 Å². The molecule has 0 atom stereocenters. The number of rotatable bonds is 4. The summed E-state index contributed by atoms with van der Waals surface area (Å²) in [5.41, 5.74) is 4.53. The first-order valence-electron chi connectivity index (χ1n) is 5.34. The molecule has 0 unspecified atom stereocenters. The van der Waals surface area contributed by atoms with Gasteiger partial charge in [-0.1, -0.05) is 6.07 Å². The van der Waals surface area contributed by atoms with Crippen LogP contribution in [0, 0.1) is 10.1 Å². The maximum Gasteiger partial charge on any atom is 0.312 e. The van der Waals surface area contributed by atoms with Crippen molar-refractivity contribution in [2.75, 3.05) is 10.5 Å². The molecule has 0 bridgehead atoms. The van der Waals surface area contributed by atoms with Gasteiger partial charge in [0.2, 0.25) is 0 Å². The lowest BCUT2D eigenvalue weighted by Crippen LogP contribution is -2.16. The molecule has 1 aromatic heterocycles. The number of hydrogen-bond acceptors (Lipinski definition) is 7. The molecule has 0 radical (unpaired) electrons. The van der Waals surface area contributed by atoms with E-state index in [1.54, 1.807) is 0 Å². The highest BCUT2D eigenvalue weighted by Crippen LogP contribution is 2.30. The number of nitrogens with one attached hydrogen (secondary N) is 1. The van der Waals surface area contributed by atoms with Crippen LogP contribution in [0.15, 0.2) is 40.1 Å². The van der Waals surface area contributed by atoms with Gasteiger partial charge in [0.05, 0.1) is 17.3 Å². The molecule has 110 valence electrons. The first-order valence-corrected chi connectivity index (χ1v) is 7.62. The molecule has 2 rings (SSSR count). The summed E-state index contributed by atoms with van der Waals surface area (Å²) in [5.74, 6) is -0.0741. The number of benzene rings is 1. The van der Waals surface area contributed by atoms with E-state index in [0.717, 1.165) is 6.07 Å². The van der Waals surface area contributed by atoms with E-state index in [2.05, 4.69) is 30.6 Å². The largest absolute Gasteiger partial charge is 0.393 e. The minimum absolute atomic E-state index is 0.0741. The van der Waals surface area contributed by atoms with Crippen molar-refractivity contribution in [3.63, 3.8) is 0 Å². The Morgan fingerprint density at radius 2 is 2.00 bits per heavy atom. The Labute approximate surface area is 127 Å². The van der Waals surface area contributed by atoms with E-state index in [9.17, 15) is 18.5 Å². The Kier molecular flexibility index (Phi) is 4.04. The summed E-state index contributed by atoms with van der Waals surface area (Å²) in [4.78, 5) is 17.2. The zero-order chi connectivity index (χ0) is 15.6. The summed E-state index contributed by atoms with van der Waals surface area (Å²) in [6.45, 7) is 0. The number of aromatic nitrogens is 2. The van der Waals surface area contributed by atoms with Crippen LogP contribution >= 0.6 is 15.9 Å². The van der Waals surface area contributed by atoms with Gasteiger partial charge in [-0.15, -0.1) is 0 Å². The average Bonchev–Trinajstić information content (AvgIpc) is 2.40. The Morgan fingerprint density at radius 3 is 2.57 bits per heavy atom. The van der Waals surface area contributed by atoms with Crippen LogP contribution in [-0.2, 0) is 10.0 Å². The van der Waals surface area contributed by atoms with Crippen LogP contribution in [0.1, 0.15) is 0 Å². The topological polar surface area (TPSA) is 141 Å². The van der Waals surface area contributed by atoms with Crippen molar-refractivity contribution in [2.24, 2.45) is 0 Å². The maximum absolute atomic E-state index is 12.2. The zero-order valence-electron chi connectivity index (χ0n) is 10.2. The lowest BCUT2D eigenvalue weighted by Gasteiger charge is -2.08. The fraction of sp³-hybridized carbons (Fsp3) is 0. The van der Waals surface area contributed by atoms with Crippen molar-refractivity contribution in [2.45, 2.75) is 4.90 Å². The van der Waals surface area contributed by atoms with Gasteiger partial charge in [-0.3, -0.25) is 14.8 Å². The normalized spacial score (nSPS) is 11.1. The van der Waals surface area contributed by atoms with E-state index < -0.39 is 25.5 Å². The second-order valence-electron chi connectivity index (χ2n) is 3.78. The third kappa shape index (κ3) is 3.25. The van der Waals surface area contributed by atoms with Gasteiger partial charge in [0.1, 0.15) is 10.3 Å². The van der Waals surface area contributed by atoms with E-state index in [-0.39, 0.29) is 11.5 Å². The minimum Gasteiger partial charge on any atom is -0.393 e. The summed E-state index contributed by atoms with van der Waals surface area (Å²) in [5, 5.41) is 11.0. The summed E-state index contributed by atoms with van der Waals surface area (Å²) in [6, 6.07) is 3.64. The van der Waals surface area contributed by atoms with Gasteiger partial charge in [-0.05, 0) is 28.1 Å². The highest BCUT2D eigenvalue weighted by molar-refractivity contribution is 9.10. The second kappa shape index (κ2) is 5.61. The minimum atomic E-state index is -4.21. The molecule has 0 aliphatic carbocycles. The van der Waals surface area contributed by atoms with E-state index in [1.165, 1.54) is 24.5 Å². The van der Waals surface area contributed by atoms with Crippen LogP contribution in [-0.4, -0.2) is 23.3 Å². The quantitative estimate of drug-likeness (QED) is 0.470. The smallest absolute Gasteiger partial charge is 0.312 e. The molecule has 3 N–H and O–H groups in total. The van der Waals surface area contributed by atoms with Crippen LogP contribution < -0.4 is 10.5 Å². The molecular formula is C10H8BrN5O4S. The number of nitrogens with zero attached hydrogens (tertiary/aromatic N) is 3. The molecule has 0 spiro atoms. The number of nitro groups is 1. The van der Waals surface area contributed by atoms with E-state index >= 15 is 0 Å². The van der Waals surface area contributed by atoms with Crippen molar-refractivity contribution in [1.82, 2.24) is 9.97 Å². The summed E-state index contributed by atoms with van der Waals surface area (Å²) in [6.07, 6.45) is 2.45. The molecule has 11 heteroatoms. The number of hydrogen-bond donors (Lipinski definition) is 2. The molecule has 2 aromatic rings. The maximum atomic E-state index is 12.2. The second-order valence-corrected chi connectivity index (χ2v) is 6.24. The molecule has 0 saturated heterocycles. The molecular weight excluding hydrogens is 366 g/mol. The predicted molar refractivity (Wildman–Crippen MR) is 78.0 cm³/mol. The highest BCUT2D eigenvalue weighted by Gasteiger charge is 2.28. The Bertz CT molecular complexity index is 794. The number of anilines is 2. The van der Waals surface area contributed by atoms with Crippen LogP contribution in [0.5, 0.6) is 0 Å². The SMILES string of the molecule is Nc1cccc(S(=O)(=O)Nc2cnc(Br)cn2)c1[N+](=O)[O-]. The molecule has 0 saturated carbocycles. The van der Waals surface area contributed by atoms with Crippen LogP contribution in [0.4, 0.5) is 17.2 Å². The third-order valence-electron chi connectivity index (χ3n) is 2.36. The van der Waals surface area contributed by atoms with Crippen molar-refractivity contribution in [3.8, 4) is 0 Å². The Morgan fingerprint density at radius 1 is 1.29 bits per heavy atom. The lowest BCUT2D eigenvalue weighted by molar-refractivity contribution is -0.386. The molecule has 1 aromatic carbocycles. The van der Waals surface area contributed by atoms with E-state index in [1.807, 2.05) is 0 Å². The Hall–Kier alpha value is -2.27. The molecule has 0 aliphatic heterocycles. The lowest BCUT2D eigenvalue weighted by atomic mass is 10.3. The molecule has 1 heterocycles. The first kappa shape index (κ1) is 15.1. The summed E-state index contributed by atoms with van der Waals surface area (Å²) < 4.78 is 26.9. The van der Waals surface area contributed by atoms with Gasteiger partial charge in [0.25, 0.3) is 10.0 Å². The molecule has 9 nitrogen and oxygen atoms in total. The number of para-hydroxylation sites is 1. The molecule has 0 amide bonds. The summed E-state index contributed by atoms with van der Waals surface area (Å²) >= 11 is 3.05. The highest BCUT2D eigenvalue weighted by atomic mass is 79.9. The number of nitro benzene ring substituents is 1. The van der Waals surface area contributed by atoms with Crippen LogP contribution in [0.3, 0.4) is 0 Å². The van der Waals surface area contributed by atoms with Gasteiger partial charge in [-0.25, -0.2) is 18.4 Å². The predicted octanol–water partition coefficient (Wildman–Crippen LogP) is 1.53. The first-order chi connectivity index (χ1) is 9.81. The fourth-order valence-corrected chi connectivity index (χ4v) is 2.91. The van der Waals surface area contributed by atoms with Crippen LogP contribution in [0.25, 0.3) is 0 Å². The van der Waals surface area contributed by atoms with Crippen molar-refractivity contribution in [1.29, 1.82) is 0 Å². The van der Waals surface area contributed by atoms with Gasteiger partial charge >= 0.3 is 5.69 Å². The number of sulfonamides is 1. The molecule has 21 heavy (non-hydrogen) atoms. The van der Waals surface area contributed by atoms with E-state index in [0.29, 0.717) is 4.60 Å². The van der Waals surface area contributed by atoms with Crippen molar-refractivity contribution >= 4 is 43.1 Å². The number of nitrogen functional groups attached to an aromatic ring is 1. The van der Waals surface area contributed by atoms with E-state index in [4.69, 9.17) is 5.73 Å². The van der Waals surface area contributed by atoms with Crippen LogP contribution in [0.2, 0.25) is 0 Å². The Balaban J connectivity index is 2.47. The third-order valence-corrected chi connectivity index (χ3v) is 4.16. The van der Waals surface area contributed by atoms with Gasteiger partial charge in [-0.2, -0.15) is 0 Å². The number of nitrogens with two attached hydrogens (primary N) is 1. The summed E-state index contributed by atoms with van der Waals surface area (Å²) in [7, 11) is -4.21. The standard InChI is InChI=1S/C10H8BrN5O4S/c11-8-4-14-9(5-13-8)15-21(19,20)7-3-1-2-6(12)10(7)16(17)18/h1-5H,12H2,(H,14,15). The molecule has 0 fully saturated rings. The molecule has 0 aliphatic rings. The van der Waals surface area contributed by atoms with Gasteiger partial charge in [0.15, 0.2) is 10.7 Å². The van der Waals surface area contributed by atoms with Crippen molar-refractivity contribution < 1.29 is 13.3 Å². The fourth-order valence-electron chi connectivity index (χ4n) is 1.51. The van der Waals surface area contributed by atoms with Crippen molar-refractivity contribution in [3.05, 3.63) is 45.3 Å². The monoisotopic (exact) mass is 373 g/mol. The van der Waals surface area contributed by atoms with Gasteiger partial charge in [0, 0.05) is 0 Å².